The summed E-state index contributed by atoms with van der Waals surface area (Å²) in [7, 11) is -3.03. The molecular weight excluding hydrogens is 296 g/mol. The molecule has 1 aliphatic heterocycles. The van der Waals surface area contributed by atoms with E-state index in [1.54, 1.807) is 11.2 Å². The van der Waals surface area contributed by atoms with Gasteiger partial charge in [-0.05, 0) is 37.5 Å². The van der Waals surface area contributed by atoms with Gasteiger partial charge in [0.15, 0.2) is 0 Å². The van der Waals surface area contributed by atoms with Crippen molar-refractivity contribution in [2.45, 2.75) is 32.4 Å². The SMILES string of the molecule is CCS(=O)(=O)N1CCC(NCc2cccc(Cl)c2)CC1. The third-order valence-electron chi connectivity index (χ3n) is 3.70. The molecular formula is C14H21ClN2O2S. The molecule has 0 amide bonds. The van der Waals surface area contributed by atoms with E-state index in [1.807, 2.05) is 24.3 Å². The molecule has 4 nitrogen and oxygen atoms in total. The van der Waals surface area contributed by atoms with Crippen LogP contribution in [0, 0.1) is 0 Å². The van der Waals surface area contributed by atoms with Crippen LogP contribution in [0.4, 0.5) is 0 Å². The Bertz CT molecular complexity index is 540. The van der Waals surface area contributed by atoms with Gasteiger partial charge in [-0.2, -0.15) is 0 Å². The van der Waals surface area contributed by atoms with E-state index in [9.17, 15) is 8.42 Å². The topological polar surface area (TPSA) is 49.4 Å². The van der Waals surface area contributed by atoms with E-state index < -0.39 is 10.0 Å². The van der Waals surface area contributed by atoms with Crippen LogP contribution >= 0.6 is 11.6 Å². The zero-order chi connectivity index (χ0) is 14.6. The number of nitrogens with zero attached hydrogens (tertiary/aromatic N) is 1. The lowest BCUT2D eigenvalue weighted by Gasteiger charge is -2.31. The second kappa shape index (κ2) is 6.89. The highest BCUT2D eigenvalue weighted by molar-refractivity contribution is 7.89. The van der Waals surface area contributed by atoms with Crippen molar-refractivity contribution >= 4 is 21.6 Å². The van der Waals surface area contributed by atoms with Crippen LogP contribution in [0.5, 0.6) is 0 Å². The standard InChI is InChI=1S/C14H21ClN2O2S/c1-2-20(18,19)17-8-6-14(7-9-17)16-11-12-4-3-5-13(15)10-12/h3-5,10,14,16H,2,6-9,11H2,1H3. The Kier molecular flexibility index (Phi) is 5.43. The summed E-state index contributed by atoms with van der Waals surface area (Å²) in [6.07, 6.45) is 1.72. The minimum Gasteiger partial charge on any atom is -0.310 e. The number of sulfonamides is 1. The van der Waals surface area contributed by atoms with Gasteiger partial charge in [-0.15, -0.1) is 0 Å². The molecule has 0 spiro atoms. The van der Waals surface area contributed by atoms with Gasteiger partial charge in [0, 0.05) is 30.7 Å². The summed E-state index contributed by atoms with van der Waals surface area (Å²) < 4.78 is 25.1. The van der Waals surface area contributed by atoms with Gasteiger partial charge in [0.2, 0.25) is 10.0 Å². The zero-order valence-corrected chi connectivity index (χ0v) is 13.3. The second-order valence-corrected chi connectivity index (χ2v) is 7.78. The predicted octanol–water partition coefficient (Wildman–Crippen LogP) is 2.24. The fourth-order valence-corrected chi connectivity index (χ4v) is 3.77. The smallest absolute Gasteiger partial charge is 0.213 e. The average molecular weight is 317 g/mol. The molecule has 0 aliphatic carbocycles. The summed E-state index contributed by atoms with van der Waals surface area (Å²) in [6, 6.07) is 8.16. The molecule has 0 atom stereocenters. The average Bonchev–Trinajstić information content (AvgIpc) is 2.46. The minimum atomic E-state index is -3.03. The Morgan fingerprint density at radius 2 is 2.05 bits per heavy atom. The summed E-state index contributed by atoms with van der Waals surface area (Å²) in [5, 5.41) is 4.22. The molecule has 1 saturated heterocycles. The van der Waals surface area contributed by atoms with Gasteiger partial charge in [0.1, 0.15) is 0 Å². The number of halogens is 1. The van der Waals surface area contributed by atoms with Gasteiger partial charge in [-0.3, -0.25) is 0 Å². The summed E-state index contributed by atoms with van der Waals surface area (Å²) in [5.74, 6) is 0.188. The molecule has 1 aliphatic rings. The molecule has 2 rings (SSSR count). The Morgan fingerprint density at radius 1 is 1.35 bits per heavy atom. The first-order valence-electron chi connectivity index (χ1n) is 6.97. The lowest BCUT2D eigenvalue weighted by molar-refractivity contribution is 0.289. The van der Waals surface area contributed by atoms with Crippen LogP contribution < -0.4 is 5.32 Å². The van der Waals surface area contributed by atoms with Crippen LogP contribution in [0.15, 0.2) is 24.3 Å². The molecule has 1 N–H and O–H groups in total. The number of hydrogen-bond acceptors (Lipinski definition) is 3. The first-order chi connectivity index (χ1) is 9.51. The van der Waals surface area contributed by atoms with Gasteiger partial charge in [-0.25, -0.2) is 12.7 Å². The number of benzene rings is 1. The Morgan fingerprint density at radius 3 is 2.65 bits per heavy atom. The van der Waals surface area contributed by atoms with E-state index in [2.05, 4.69) is 5.32 Å². The van der Waals surface area contributed by atoms with Crippen molar-refractivity contribution in [3.05, 3.63) is 34.9 Å². The minimum absolute atomic E-state index is 0.188. The normalized spacial score (nSPS) is 18.3. The lowest BCUT2D eigenvalue weighted by Crippen LogP contribution is -2.45. The lowest BCUT2D eigenvalue weighted by atomic mass is 10.1. The maximum atomic E-state index is 11.8. The van der Waals surface area contributed by atoms with Crippen molar-refractivity contribution in [2.75, 3.05) is 18.8 Å². The molecule has 1 fully saturated rings. The largest absolute Gasteiger partial charge is 0.310 e. The van der Waals surface area contributed by atoms with E-state index in [0.29, 0.717) is 19.1 Å². The molecule has 6 heteroatoms. The highest BCUT2D eigenvalue weighted by Gasteiger charge is 2.26. The van der Waals surface area contributed by atoms with Crippen molar-refractivity contribution in [3.63, 3.8) is 0 Å². The maximum absolute atomic E-state index is 11.8. The molecule has 0 saturated carbocycles. The number of hydrogen-bond donors (Lipinski definition) is 1. The van der Waals surface area contributed by atoms with Crippen molar-refractivity contribution in [2.24, 2.45) is 0 Å². The highest BCUT2D eigenvalue weighted by atomic mass is 35.5. The van der Waals surface area contributed by atoms with Crippen LogP contribution in [0.1, 0.15) is 25.3 Å². The fraction of sp³-hybridized carbons (Fsp3) is 0.571. The second-order valence-electron chi connectivity index (χ2n) is 5.08. The Balaban J connectivity index is 1.80. The van der Waals surface area contributed by atoms with Crippen molar-refractivity contribution in [1.82, 2.24) is 9.62 Å². The van der Waals surface area contributed by atoms with Gasteiger partial charge in [-0.1, -0.05) is 23.7 Å². The van der Waals surface area contributed by atoms with E-state index >= 15 is 0 Å². The Labute approximate surface area is 126 Å². The number of rotatable bonds is 5. The van der Waals surface area contributed by atoms with Crippen molar-refractivity contribution in [3.8, 4) is 0 Å². The third kappa shape index (κ3) is 4.19. The fourth-order valence-electron chi connectivity index (χ4n) is 2.43. The first kappa shape index (κ1) is 15.8. The molecule has 0 radical (unpaired) electrons. The summed E-state index contributed by atoms with van der Waals surface area (Å²) >= 11 is 5.95. The molecule has 1 heterocycles. The molecule has 1 aromatic carbocycles. The van der Waals surface area contributed by atoms with Gasteiger partial charge < -0.3 is 5.32 Å². The quantitative estimate of drug-likeness (QED) is 0.906. The van der Waals surface area contributed by atoms with Gasteiger partial charge in [0.05, 0.1) is 5.75 Å². The van der Waals surface area contributed by atoms with Crippen LogP contribution in [0.2, 0.25) is 5.02 Å². The number of nitrogens with one attached hydrogen (secondary N) is 1. The number of piperidine rings is 1. The van der Waals surface area contributed by atoms with E-state index in [4.69, 9.17) is 11.6 Å². The molecule has 1 aromatic rings. The van der Waals surface area contributed by atoms with Crippen LogP contribution in [-0.2, 0) is 16.6 Å². The third-order valence-corrected chi connectivity index (χ3v) is 5.81. The van der Waals surface area contributed by atoms with E-state index in [1.165, 1.54) is 0 Å². The molecule has 112 valence electrons. The predicted molar refractivity (Wildman–Crippen MR) is 82.3 cm³/mol. The maximum Gasteiger partial charge on any atom is 0.213 e. The monoisotopic (exact) mass is 316 g/mol. The van der Waals surface area contributed by atoms with Crippen LogP contribution in [0.25, 0.3) is 0 Å². The summed E-state index contributed by atoms with van der Waals surface area (Å²) in [6.45, 7) is 3.69. The van der Waals surface area contributed by atoms with Crippen molar-refractivity contribution < 1.29 is 8.42 Å². The first-order valence-corrected chi connectivity index (χ1v) is 8.95. The van der Waals surface area contributed by atoms with Crippen molar-refractivity contribution in [1.29, 1.82) is 0 Å². The van der Waals surface area contributed by atoms with E-state index in [-0.39, 0.29) is 5.75 Å². The zero-order valence-electron chi connectivity index (χ0n) is 11.7. The van der Waals surface area contributed by atoms with E-state index in [0.717, 1.165) is 30.0 Å². The Hall–Kier alpha value is -0.620. The molecule has 0 bridgehead atoms. The van der Waals surface area contributed by atoms with Crippen LogP contribution in [0.3, 0.4) is 0 Å². The summed E-state index contributed by atoms with van der Waals surface area (Å²) in [4.78, 5) is 0. The molecule has 0 aromatic heterocycles. The highest BCUT2D eigenvalue weighted by Crippen LogP contribution is 2.16. The van der Waals surface area contributed by atoms with Gasteiger partial charge in [0.25, 0.3) is 0 Å². The van der Waals surface area contributed by atoms with Gasteiger partial charge >= 0.3 is 0 Å². The van der Waals surface area contributed by atoms with Crippen LogP contribution in [-0.4, -0.2) is 37.6 Å². The summed E-state index contributed by atoms with van der Waals surface area (Å²) in [5.41, 5.74) is 1.15. The molecule has 20 heavy (non-hydrogen) atoms. The molecule has 0 unspecified atom stereocenters.